The van der Waals surface area contributed by atoms with Gasteiger partial charge < -0.3 is 24.2 Å². The van der Waals surface area contributed by atoms with Gasteiger partial charge in [-0.3, -0.25) is 14.6 Å². The molecule has 0 aliphatic carbocycles. The number of hydrogen-bond donors (Lipinski definition) is 1. The molecule has 0 saturated carbocycles. The highest BCUT2D eigenvalue weighted by atomic mass is 16.5. The fraction of sp³-hybridized carbons (Fsp3) is 0.250. The highest BCUT2D eigenvalue weighted by Crippen LogP contribution is 2.42. The summed E-state index contributed by atoms with van der Waals surface area (Å²) in [6, 6.07) is 14.7. The van der Waals surface area contributed by atoms with E-state index in [1.54, 1.807) is 60.9 Å². The maximum absolute atomic E-state index is 13.3. The topological polar surface area (TPSA) is 98.2 Å². The lowest BCUT2D eigenvalue weighted by Crippen LogP contribution is -2.29. The summed E-state index contributed by atoms with van der Waals surface area (Å²) in [7, 11) is 3.04. The van der Waals surface area contributed by atoms with E-state index in [9.17, 15) is 14.7 Å². The molecule has 1 aliphatic rings. The van der Waals surface area contributed by atoms with Crippen molar-refractivity contribution in [2.24, 2.45) is 0 Å². The molecule has 1 fully saturated rings. The molecule has 1 aliphatic heterocycles. The van der Waals surface area contributed by atoms with E-state index < -0.39 is 17.7 Å². The first-order valence-corrected chi connectivity index (χ1v) is 11.6. The van der Waals surface area contributed by atoms with Crippen LogP contribution < -0.4 is 14.2 Å². The zero-order valence-electron chi connectivity index (χ0n) is 20.4. The number of ketones is 1. The Morgan fingerprint density at radius 2 is 1.78 bits per heavy atom. The number of nitrogens with zero attached hydrogens (tertiary/aromatic N) is 2. The molecule has 4 rings (SSSR count). The minimum Gasteiger partial charge on any atom is -0.507 e. The van der Waals surface area contributed by atoms with Crippen molar-refractivity contribution in [1.29, 1.82) is 0 Å². The van der Waals surface area contributed by atoms with Crippen LogP contribution in [0, 0.1) is 0 Å². The van der Waals surface area contributed by atoms with Crippen molar-refractivity contribution in [3.8, 4) is 17.2 Å². The number of pyridine rings is 1. The lowest BCUT2D eigenvalue weighted by atomic mass is 9.94. The third-order valence-electron chi connectivity index (χ3n) is 5.94. The average Bonchev–Trinajstić information content (AvgIpc) is 3.16. The number of ether oxygens (including phenoxy) is 3. The van der Waals surface area contributed by atoms with Crippen LogP contribution in [0.1, 0.15) is 36.1 Å². The molecule has 2 aromatic carbocycles. The van der Waals surface area contributed by atoms with Crippen molar-refractivity contribution >= 4 is 17.4 Å². The van der Waals surface area contributed by atoms with Gasteiger partial charge in [0.2, 0.25) is 0 Å². The van der Waals surface area contributed by atoms with Gasteiger partial charge >= 0.3 is 0 Å². The lowest BCUT2D eigenvalue weighted by molar-refractivity contribution is -0.140. The molecule has 0 unspecified atom stereocenters. The maximum atomic E-state index is 13.3. The summed E-state index contributed by atoms with van der Waals surface area (Å²) >= 11 is 0. The van der Waals surface area contributed by atoms with Gasteiger partial charge in [-0.25, -0.2) is 0 Å². The van der Waals surface area contributed by atoms with Gasteiger partial charge in [0.15, 0.2) is 11.5 Å². The number of likely N-dealkylation sites (tertiary alicyclic amines) is 1. The number of amides is 1. The smallest absolute Gasteiger partial charge is 0.295 e. The van der Waals surface area contributed by atoms with Crippen LogP contribution in [0.2, 0.25) is 0 Å². The highest BCUT2D eigenvalue weighted by molar-refractivity contribution is 6.46. The summed E-state index contributed by atoms with van der Waals surface area (Å²) in [4.78, 5) is 32.1. The molecular weight excluding hydrogens is 460 g/mol. The summed E-state index contributed by atoms with van der Waals surface area (Å²) in [5.74, 6) is -0.121. The Kier molecular flexibility index (Phi) is 7.53. The Bertz CT molecular complexity index is 1270. The van der Waals surface area contributed by atoms with E-state index in [1.165, 1.54) is 19.1 Å². The van der Waals surface area contributed by atoms with E-state index in [2.05, 4.69) is 4.98 Å². The molecule has 1 atom stereocenters. The SMILES string of the molecule is CCCOc1ccc(/C(O)=C2\C(=O)C(=O)N(Cc3cccnc3)[C@H]2c2ccc(OC)c(OC)c2)cc1. The lowest BCUT2D eigenvalue weighted by Gasteiger charge is -2.26. The van der Waals surface area contributed by atoms with E-state index in [-0.39, 0.29) is 17.9 Å². The number of benzene rings is 2. The van der Waals surface area contributed by atoms with Gasteiger partial charge in [-0.05, 0) is 60.0 Å². The van der Waals surface area contributed by atoms with Crippen molar-refractivity contribution < 1.29 is 28.9 Å². The predicted molar refractivity (Wildman–Crippen MR) is 134 cm³/mol. The largest absolute Gasteiger partial charge is 0.507 e. The van der Waals surface area contributed by atoms with Crippen LogP contribution in [0.15, 0.2) is 72.6 Å². The van der Waals surface area contributed by atoms with Crippen molar-refractivity contribution in [3.63, 3.8) is 0 Å². The number of aliphatic hydroxyl groups is 1. The van der Waals surface area contributed by atoms with E-state index in [1.807, 2.05) is 13.0 Å². The number of rotatable bonds is 9. The number of hydrogen-bond acceptors (Lipinski definition) is 7. The number of carbonyl (C=O) groups excluding carboxylic acids is 2. The molecule has 0 radical (unpaired) electrons. The van der Waals surface area contributed by atoms with Gasteiger partial charge in [0.25, 0.3) is 11.7 Å². The Morgan fingerprint density at radius 1 is 1.03 bits per heavy atom. The summed E-state index contributed by atoms with van der Waals surface area (Å²) in [5, 5.41) is 11.3. The molecule has 8 nitrogen and oxygen atoms in total. The average molecular weight is 489 g/mol. The van der Waals surface area contributed by atoms with Gasteiger partial charge in [0.1, 0.15) is 11.5 Å². The minimum absolute atomic E-state index is 0.00154. The maximum Gasteiger partial charge on any atom is 0.295 e. The summed E-state index contributed by atoms with van der Waals surface area (Å²) in [6.07, 6.45) is 4.14. The van der Waals surface area contributed by atoms with Gasteiger partial charge in [-0.2, -0.15) is 0 Å². The van der Waals surface area contributed by atoms with Crippen molar-refractivity contribution in [3.05, 3.63) is 89.3 Å². The highest BCUT2D eigenvalue weighted by Gasteiger charge is 2.46. The number of Topliss-reactive ketones (excluding diaryl/α,β-unsaturated/α-hetero) is 1. The van der Waals surface area contributed by atoms with Gasteiger partial charge in [-0.15, -0.1) is 0 Å². The molecule has 0 spiro atoms. The first-order valence-electron chi connectivity index (χ1n) is 11.6. The van der Waals surface area contributed by atoms with Crippen LogP contribution >= 0.6 is 0 Å². The molecule has 2 heterocycles. The molecule has 1 N–H and O–H groups in total. The zero-order chi connectivity index (χ0) is 25.7. The van der Waals surface area contributed by atoms with E-state index in [0.29, 0.717) is 35.0 Å². The molecule has 0 bridgehead atoms. The molecule has 36 heavy (non-hydrogen) atoms. The number of methoxy groups -OCH3 is 2. The van der Waals surface area contributed by atoms with E-state index in [0.717, 1.165) is 12.0 Å². The first kappa shape index (κ1) is 24.8. The third-order valence-corrected chi connectivity index (χ3v) is 5.94. The van der Waals surface area contributed by atoms with Crippen molar-refractivity contribution in [2.75, 3.05) is 20.8 Å². The number of carbonyl (C=O) groups is 2. The predicted octanol–water partition coefficient (Wildman–Crippen LogP) is 4.51. The van der Waals surface area contributed by atoms with E-state index in [4.69, 9.17) is 14.2 Å². The number of aromatic nitrogens is 1. The fourth-order valence-electron chi connectivity index (χ4n) is 4.19. The quantitative estimate of drug-likeness (QED) is 0.269. The standard InChI is InChI=1S/C28H28N2O6/c1-4-14-36-21-10-7-19(8-11-21)26(31)24-25(20-9-12-22(34-2)23(15-20)35-3)30(28(33)27(24)32)17-18-6-5-13-29-16-18/h5-13,15-16,25,31H,4,14,17H2,1-3H3/b26-24+/t25-/m0/s1. The second kappa shape index (κ2) is 10.9. The number of aliphatic hydroxyl groups excluding tert-OH is 1. The zero-order valence-corrected chi connectivity index (χ0v) is 20.4. The monoisotopic (exact) mass is 488 g/mol. The molecule has 8 heteroatoms. The Morgan fingerprint density at radius 3 is 2.42 bits per heavy atom. The molecule has 186 valence electrons. The van der Waals surface area contributed by atoms with Gasteiger partial charge in [-0.1, -0.05) is 19.1 Å². The van der Waals surface area contributed by atoms with Crippen LogP contribution in [-0.2, 0) is 16.1 Å². The molecule has 1 amide bonds. The van der Waals surface area contributed by atoms with Crippen LogP contribution in [0.5, 0.6) is 17.2 Å². The van der Waals surface area contributed by atoms with Crippen molar-refractivity contribution in [1.82, 2.24) is 9.88 Å². The second-order valence-electron chi connectivity index (χ2n) is 8.28. The van der Waals surface area contributed by atoms with Crippen molar-refractivity contribution in [2.45, 2.75) is 25.9 Å². The van der Waals surface area contributed by atoms with E-state index >= 15 is 0 Å². The third kappa shape index (κ3) is 4.88. The second-order valence-corrected chi connectivity index (χ2v) is 8.28. The van der Waals surface area contributed by atoms with Crippen LogP contribution in [0.3, 0.4) is 0 Å². The first-order chi connectivity index (χ1) is 17.5. The molecular formula is C28H28N2O6. The molecule has 1 aromatic heterocycles. The normalized spacial score (nSPS) is 16.8. The van der Waals surface area contributed by atoms with Gasteiger partial charge in [0.05, 0.1) is 32.4 Å². The van der Waals surface area contributed by atoms with Crippen LogP contribution in [0.4, 0.5) is 0 Å². The van der Waals surface area contributed by atoms with Crippen LogP contribution in [-0.4, -0.2) is 47.5 Å². The summed E-state index contributed by atoms with van der Waals surface area (Å²) < 4.78 is 16.4. The Hall–Kier alpha value is -4.33. The Balaban J connectivity index is 1.82. The molecule has 1 saturated heterocycles. The van der Waals surface area contributed by atoms with Crippen LogP contribution in [0.25, 0.3) is 5.76 Å². The molecule has 3 aromatic rings. The Labute approximate surface area is 209 Å². The summed E-state index contributed by atoms with van der Waals surface area (Å²) in [6.45, 7) is 2.72. The fourth-order valence-corrected chi connectivity index (χ4v) is 4.19. The van der Waals surface area contributed by atoms with Gasteiger partial charge in [0, 0.05) is 24.5 Å². The minimum atomic E-state index is -0.846. The summed E-state index contributed by atoms with van der Waals surface area (Å²) in [5.41, 5.74) is 1.75.